The van der Waals surface area contributed by atoms with Gasteiger partial charge < -0.3 is 10.5 Å². The van der Waals surface area contributed by atoms with Crippen LogP contribution in [0.25, 0.3) is 0 Å². The largest absolute Gasteiger partial charge is 0.433 e. The van der Waals surface area contributed by atoms with Crippen molar-refractivity contribution in [2.24, 2.45) is 0 Å². The normalized spacial score (nSPS) is 9.93. The third-order valence-electron chi connectivity index (χ3n) is 1.44. The molecule has 3 nitrogen and oxygen atoms in total. The van der Waals surface area contributed by atoms with Crippen LogP contribution in [0, 0.1) is 11.3 Å². The first-order valence-electron chi connectivity index (χ1n) is 3.48. The predicted octanol–water partition coefficient (Wildman–Crippen LogP) is 2.50. The molecule has 0 fully saturated rings. The summed E-state index contributed by atoms with van der Waals surface area (Å²) in [4.78, 5) is 0. The molecular weight excluding hydrogens is 258 g/mol. The molecule has 0 amide bonds. The number of nitrogens with two attached hydrogens (primary N) is 1. The first-order valence-corrected chi connectivity index (χ1v) is 4.28. The molecule has 0 spiro atoms. The Bertz CT molecular complexity index is 390. The zero-order valence-electron chi connectivity index (χ0n) is 6.80. The second-order valence-electron chi connectivity index (χ2n) is 2.36. The van der Waals surface area contributed by atoms with Crippen LogP contribution in [0.4, 0.5) is 14.5 Å². The molecule has 0 unspecified atom stereocenters. The van der Waals surface area contributed by atoms with E-state index in [1.165, 1.54) is 12.1 Å². The number of hydrogen-bond donors (Lipinski definition) is 1. The van der Waals surface area contributed by atoms with Gasteiger partial charge >= 0.3 is 6.61 Å². The van der Waals surface area contributed by atoms with Crippen molar-refractivity contribution in [1.82, 2.24) is 0 Å². The molecule has 74 valence electrons. The van der Waals surface area contributed by atoms with Crippen LogP contribution in [0.5, 0.6) is 5.75 Å². The summed E-state index contributed by atoms with van der Waals surface area (Å²) in [6.45, 7) is -2.97. The number of nitrogen functional groups attached to an aromatic ring is 1. The van der Waals surface area contributed by atoms with Gasteiger partial charge in [-0.15, -0.1) is 0 Å². The summed E-state index contributed by atoms with van der Waals surface area (Å²) < 4.78 is 28.4. The lowest BCUT2D eigenvalue weighted by atomic mass is 10.2. The van der Waals surface area contributed by atoms with Crippen molar-refractivity contribution < 1.29 is 13.5 Å². The van der Waals surface area contributed by atoms with Crippen molar-refractivity contribution in [3.8, 4) is 11.8 Å². The number of nitrogens with zero attached hydrogens (tertiary/aromatic N) is 1. The smallest absolute Gasteiger partial charge is 0.387 e. The molecule has 0 atom stereocenters. The highest BCUT2D eigenvalue weighted by atomic mass is 79.9. The minimum atomic E-state index is -2.97. The molecule has 0 radical (unpaired) electrons. The van der Waals surface area contributed by atoms with Crippen LogP contribution in [-0.4, -0.2) is 6.61 Å². The molecule has 2 N–H and O–H groups in total. The quantitative estimate of drug-likeness (QED) is 0.834. The topological polar surface area (TPSA) is 59.0 Å². The van der Waals surface area contributed by atoms with E-state index >= 15 is 0 Å². The van der Waals surface area contributed by atoms with E-state index in [4.69, 9.17) is 11.0 Å². The van der Waals surface area contributed by atoms with E-state index in [9.17, 15) is 8.78 Å². The van der Waals surface area contributed by atoms with E-state index in [1.54, 1.807) is 6.07 Å². The molecule has 0 aliphatic rings. The molecule has 6 heteroatoms. The highest BCUT2D eigenvalue weighted by Gasteiger charge is 2.11. The number of alkyl halides is 2. The lowest BCUT2D eigenvalue weighted by Gasteiger charge is -2.07. The molecule has 0 aliphatic heterocycles. The Morgan fingerprint density at radius 1 is 1.50 bits per heavy atom. The van der Waals surface area contributed by atoms with E-state index < -0.39 is 6.61 Å². The summed E-state index contributed by atoms with van der Waals surface area (Å²) in [5, 5.41) is 8.61. The van der Waals surface area contributed by atoms with Gasteiger partial charge in [-0.2, -0.15) is 14.0 Å². The van der Waals surface area contributed by atoms with Crippen LogP contribution in [0.15, 0.2) is 16.6 Å². The lowest BCUT2D eigenvalue weighted by molar-refractivity contribution is -0.0499. The van der Waals surface area contributed by atoms with Gasteiger partial charge in [0.1, 0.15) is 11.8 Å². The van der Waals surface area contributed by atoms with Crippen LogP contribution < -0.4 is 10.5 Å². The first kappa shape index (κ1) is 10.7. The monoisotopic (exact) mass is 262 g/mol. The fourth-order valence-corrected chi connectivity index (χ4v) is 1.19. The molecule has 1 aromatic rings. The number of halogens is 3. The van der Waals surface area contributed by atoms with Gasteiger partial charge in [-0.3, -0.25) is 0 Å². The first-order chi connectivity index (χ1) is 6.54. The number of hydrogen-bond acceptors (Lipinski definition) is 3. The summed E-state index contributed by atoms with van der Waals surface area (Å²) in [7, 11) is 0. The highest BCUT2D eigenvalue weighted by molar-refractivity contribution is 9.10. The average molecular weight is 263 g/mol. The molecule has 0 saturated carbocycles. The number of anilines is 1. The van der Waals surface area contributed by atoms with Gasteiger partial charge in [0.05, 0.1) is 5.56 Å². The van der Waals surface area contributed by atoms with E-state index in [0.29, 0.717) is 4.47 Å². The SMILES string of the molecule is N#Cc1cc(Br)c(N)cc1OC(F)F. The second kappa shape index (κ2) is 4.24. The molecule has 0 saturated heterocycles. The zero-order chi connectivity index (χ0) is 10.7. The minimum Gasteiger partial charge on any atom is -0.433 e. The van der Waals surface area contributed by atoms with E-state index in [2.05, 4.69) is 20.7 Å². The molecule has 0 aromatic heterocycles. The van der Waals surface area contributed by atoms with Crippen LogP contribution >= 0.6 is 15.9 Å². The van der Waals surface area contributed by atoms with Crippen LogP contribution in [0.1, 0.15) is 5.56 Å². The average Bonchev–Trinajstić information content (AvgIpc) is 2.10. The maximum Gasteiger partial charge on any atom is 0.387 e. The van der Waals surface area contributed by atoms with Crippen molar-refractivity contribution in [3.63, 3.8) is 0 Å². The summed E-state index contributed by atoms with van der Waals surface area (Å²) in [6, 6.07) is 4.23. The molecule has 0 aliphatic carbocycles. The summed E-state index contributed by atoms with van der Waals surface area (Å²) >= 11 is 3.07. The van der Waals surface area contributed by atoms with Gasteiger partial charge in [0.25, 0.3) is 0 Å². The number of rotatable bonds is 2. The van der Waals surface area contributed by atoms with Crippen molar-refractivity contribution in [2.45, 2.75) is 6.61 Å². The Hall–Kier alpha value is -1.35. The number of ether oxygens (including phenoxy) is 1. The van der Waals surface area contributed by atoms with Crippen LogP contribution in [0.3, 0.4) is 0 Å². The Balaban J connectivity index is 3.15. The third kappa shape index (κ3) is 2.33. The summed E-state index contributed by atoms with van der Waals surface area (Å²) in [5.74, 6) is -0.219. The highest BCUT2D eigenvalue weighted by Crippen LogP contribution is 2.29. The van der Waals surface area contributed by atoms with Crippen LogP contribution in [-0.2, 0) is 0 Å². The van der Waals surface area contributed by atoms with Crippen molar-refractivity contribution in [3.05, 3.63) is 22.2 Å². The minimum absolute atomic E-state index is 0.00590. The summed E-state index contributed by atoms with van der Waals surface area (Å²) in [5.41, 5.74) is 5.68. The molecule has 1 aromatic carbocycles. The van der Waals surface area contributed by atoms with Crippen molar-refractivity contribution >= 4 is 21.6 Å². The Kier molecular flexibility index (Phi) is 3.25. The fourth-order valence-electron chi connectivity index (χ4n) is 0.850. The molecular formula is C8H5BrF2N2O. The van der Waals surface area contributed by atoms with E-state index in [-0.39, 0.29) is 17.0 Å². The van der Waals surface area contributed by atoms with Crippen LogP contribution in [0.2, 0.25) is 0 Å². The Morgan fingerprint density at radius 3 is 2.64 bits per heavy atom. The van der Waals surface area contributed by atoms with Crippen molar-refractivity contribution in [1.29, 1.82) is 5.26 Å². The second-order valence-corrected chi connectivity index (χ2v) is 3.21. The number of nitriles is 1. The van der Waals surface area contributed by atoms with Gasteiger partial charge in [0.15, 0.2) is 0 Å². The van der Waals surface area contributed by atoms with Crippen molar-refractivity contribution in [2.75, 3.05) is 5.73 Å². The van der Waals surface area contributed by atoms with Gasteiger partial charge in [-0.05, 0) is 22.0 Å². The molecule has 1 rings (SSSR count). The standard InChI is InChI=1S/C8H5BrF2N2O/c9-5-1-4(3-12)7(2-6(5)13)14-8(10)11/h1-2,8H,13H2. The fraction of sp³-hybridized carbons (Fsp3) is 0.125. The Morgan fingerprint density at radius 2 is 2.14 bits per heavy atom. The lowest BCUT2D eigenvalue weighted by Crippen LogP contribution is -2.04. The predicted molar refractivity (Wildman–Crippen MR) is 49.9 cm³/mol. The number of benzene rings is 1. The maximum atomic E-state index is 11.9. The van der Waals surface area contributed by atoms with Gasteiger partial charge in [0.2, 0.25) is 0 Å². The molecule has 0 heterocycles. The zero-order valence-corrected chi connectivity index (χ0v) is 8.38. The maximum absolute atomic E-state index is 11.9. The molecule has 0 bridgehead atoms. The van der Waals surface area contributed by atoms with E-state index in [1.807, 2.05) is 0 Å². The third-order valence-corrected chi connectivity index (χ3v) is 2.12. The summed E-state index contributed by atoms with van der Waals surface area (Å²) in [6.07, 6.45) is 0. The van der Waals surface area contributed by atoms with E-state index in [0.717, 1.165) is 0 Å². The molecule has 14 heavy (non-hydrogen) atoms. The van der Waals surface area contributed by atoms with Gasteiger partial charge in [-0.25, -0.2) is 0 Å². The Labute approximate surface area is 87.2 Å². The van der Waals surface area contributed by atoms with Gasteiger partial charge in [0, 0.05) is 16.2 Å². The van der Waals surface area contributed by atoms with Gasteiger partial charge in [-0.1, -0.05) is 0 Å².